The molecule has 0 aliphatic carbocycles. The number of amides is 1. The maximum absolute atomic E-state index is 12.1. The summed E-state index contributed by atoms with van der Waals surface area (Å²) in [5, 5.41) is 13.5. The van der Waals surface area contributed by atoms with Crippen LogP contribution < -0.4 is 5.32 Å². The first-order valence-corrected chi connectivity index (χ1v) is 7.00. The van der Waals surface area contributed by atoms with Crippen molar-refractivity contribution in [3.8, 4) is 0 Å². The maximum atomic E-state index is 12.1. The molecule has 1 amide bonds. The quantitative estimate of drug-likeness (QED) is 0.879. The number of aliphatic hydroxyl groups excluding tert-OH is 1. The van der Waals surface area contributed by atoms with Gasteiger partial charge in [-0.05, 0) is 24.3 Å². The van der Waals surface area contributed by atoms with Gasteiger partial charge in [-0.3, -0.25) is 4.79 Å². The van der Waals surface area contributed by atoms with E-state index in [4.69, 9.17) is 0 Å². The molecule has 4 heteroatoms. The zero-order chi connectivity index (χ0) is 14.7. The number of rotatable bonds is 5. The summed E-state index contributed by atoms with van der Waals surface area (Å²) in [5.74, 6) is 0.407. The van der Waals surface area contributed by atoms with Crippen molar-refractivity contribution in [1.29, 1.82) is 0 Å². The molecule has 0 radical (unpaired) electrons. The summed E-state index contributed by atoms with van der Waals surface area (Å²) in [4.78, 5) is 12.1. The minimum atomic E-state index is -0.0225. The van der Waals surface area contributed by atoms with Gasteiger partial charge in [-0.2, -0.15) is 0 Å². The van der Waals surface area contributed by atoms with E-state index < -0.39 is 0 Å². The lowest BCUT2D eigenvalue weighted by Gasteiger charge is -2.18. The van der Waals surface area contributed by atoms with Crippen LogP contribution in [0.25, 0.3) is 10.9 Å². The van der Waals surface area contributed by atoms with Gasteiger partial charge in [0.05, 0.1) is 12.1 Å². The van der Waals surface area contributed by atoms with Crippen LogP contribution in [0, 0.1) is 5.92 Å². The summed E-state index contributed by atoms with van der Waals surface area (Å²) in [6.45, 7) is 6.43. The first-order chi connectivity index (χ1) is 9.52. The van der Waals surface area contributed by atoms with E-state index in [9.17, 15) is 9.90 Å². The van der Waals surface area contributed by atoms with Gasteiger partial charge in [0.15, 0.2) is 0 Å². The smallest absolute Gasteiger partial charge is 0.240 e. The van der Waals surface area contributed by atoms with E-state index in [2.05, 4.69) is 19.2 Å². The highest BCUT2D eigenvalue weighted by molar-refractivity contribution is 5.85. The number of carbonyl (C=O) groups excluding carboxylic acids is 1. The SMILES string of the molecule is CC(C)C(C)NC(=O)Cn1ccc2cccc(CO)c21. The highest BCUT2D eigenvalue weighted by atomic mass is 16.3. The fourth-order valence-electron chi connectivity index (χ4n) is 2.22. The molecule has 2 rings (SSSR count). The van der Waals surface area contributed by atoms with Crippen LogP contribution in [0.5, 0.6) is 0 Å². The van der Waals surface area contributed by atoms with E-state index in [1.165, 1.54) is 0 Å². The maximum Gasteiger partial charge on any atom is 0.240 e. The minimum Gasteiger partial charge on any atom is -0.392 e. The number of carbonyl (C=O) groups is 1. The third-order valence-corrected chi connectivity index (χ3v) is 3.74. The first-order valence-electron chi connectivity index (χ1n) is 7.00. The molecule has 0 aliphatic rings. The van der Waals surface area contributed by atoms with Crippen LogP contribution in [0.4, 0.5) is 0 Å². The number of para-hydroxylation sites is 1. The molecular formula is C16H22N2O2. The Bertz CT molecular complexity index is 602. The molecule has 2 N–H and O–H groups in total. The molecule has 0 saturated heterocycles. The fourth-order valence-corrected chi connectivity index (χ4v) is 2.22. The second-order valence-electron chi connectivity index (χ2n) is 5.56. The van der Waals surface area contributed by atoms with Crippen LogP contribution in [0.1, 0.15) is 26.3 Å². The molecule has 20 heavy (non-hydrogen) atoms. The molecule has 1 aromatic carbocycles. The summed E-state index contributed by atoms with van der Waals surface area (Å²) in [7, 11) is 0. The molecule has 1 unspecified atom stereocenters. The Hall–Kier alpha value is -1.81. The molecule has 4 nitrogen and oxygen atoms in total. The van der Waals surface area contributed by atoms with Crippen LogP contribution >= 0.6 is 0 Å². The van der Waals surface area contributed by atoms with Crippen molar-refractivity contribution in [2.24, 2.45) is 5.92 Å². The van der Waals surface area contributed by atoms with Gasteiger partial charge in [0.1, 0.15) is 6.54 Å². The second-order valence-corrected chi connectivity index (χ2v) is 5.56. The van der Waals surface area contributed by atoms with Crippen LogP contribution in [0.3, 0.4) is 0 Å². The summed E-state index contributed by atoms with van der Waals surface area (Å²) < 4.78 is 1.89. The molecular weight excluding hydrogens is 252 g/mol. The normalized spacial score (nSPS) is 12.8. The number of nitrogens with zero attached hydrogens (tertiary/aromatic N) is 1. The van der Waals surface area contributed by atoms with Gasteiger partial charge >= 0.3 is 0 Å². The molecule has 0 fully saturated rings. The Kier molecular flexibility index (Phi) is 4.45. The highest BCUT2D eigenvalue weighted by Crippen LogP contribution is 2.20. The summed E-state index contributed by atoms with van der Waals surface area (Å²) in [5.41, 5.74) is 1.78. The minimum absolute atomic E-state index is 0.00329. The van der Waals surface area contributed by atoms with Crippen molar-refractivity contribution in [2.45, 2.75) is 40.0 Å². The second kappa shape index (κ2) is 6.09. The number of hydrogen-bond acceptors (Lipinski definition) is 2. The van der Waals surface area contributed by atoms with Gasteiger partial charge in [-0.25, -0.2) is 0 Å². The zero-order valence-corrected chi connectivity index (χ0v) is 12.3. The lowest BCUT2D eigenvalue weighted by Crippen LogP contribution is -2.38. The predicted octanol–water partition coefficient (Wildman–Crippen LogP) is 2.29. The lowest BCUT2D eigenvalue weighted by molar-refractivity contribution is -0.122. The Balaban J connectivity index is 2.20. The predicted molar refractivity (Wildman–Crippen MR) is 80.3 cm³/mol. The largest absolute Gasteiger partial charge is 0.392 e. The van der Waals surface area contributed by atoms with Crippen molar-refractivity contribution in [3.63, 3.8) is 0 Å². The molecule has 0 saturated carbocycles. The van der Waals surface area contributed by atoms with Crippen LogP contribution in [-0.4, -0.2) is 21.6 Å². The van der Waals surface area contributed by atoms with E-state index in [1.807, 2.05) is 42.0 Å². The van der Waals surface area contributed by atoms with Crippen molar-refractivity contribution in [2.75, 3.05) is 0 Å². The third kappa shape index (κ3) is 3.02. The van der Waals surface area contributed by atoms with Gasteiger partial charge in [0, 0.05) is 17.8 Å². The standard InChI is InChI=1S/C16H22N2O2/c1-11(2)12(3)17-15(20)9-18-8-7-13-5-4-6-14(10-19)16(13)18/h4-8,11-12,19H,9-10H2,1-3H3,(H,17,20). The van der Waals surface area contributed by atoms with Gasteiger partial charge < -0.3 is 15.0 Å². The first kappa shape index (κ1) is 14.6. The van der Waals surface area contributed by atoms with E-state index in [1.54, 1.807) is 0 Å². The van der Waals surface area contributed by atoms with Crippen molar-refractivity contribution >= 4 is 16.8 Å². The molecule has 0 spiro atoms. The molecule has 1 atom stereocenters. The molecule has 1 aromatic heterocycles. The summed E-state index contributed by atoms with van der Waals surface area (Å²) >= 11 is 0. The van der Waals surface area contributed by atoms with Crippen molar-refractivity contribution in [3.05, 3.63) is 36.0 Å². The summed E-state index contributed by atoms with van der Waals surface area (Å²) in [6.07, 6.45) is 1.89. The van der Waals surface area contributed by atoms with Crippen molar-refractivity contribution < 1.29 is 9.90 Å². The van der Waals surface area contributed by atoms with Crippen LogP contribution in [0.15, 0.2) is 30.5 Å². The molecule has 108 valence electrons. The van der Waals surface area contributed by atoms with Gasteiger partial charge in [0.2, 0.25) is 5.91 Å². The number of aromatic nitrogens is 1. The van der Waals surface area contributed by atoms with E-state index in [-0.39, 0.29) is 25.1 Å². The lowest BCUT2D eigenvalue weighted by atomic mass is 10.1. The number of aliphatic hydroxyl groups is 1. The number of fused-ring (bicyclic) bond motifs is 1. The Morgan fingerprint density at radius 3 is 2.70 bits per heavy atom. The highest BCUT2D eigenvalue weighted by Gasteiger charge is 2.13. The van der Waals surface area contributed by atoms with E-state index in [0.29, 0.717) is 5.92 Å². The average Bonchev–Trinajstić information content (AvgIpc) is 2.81. The van der Waals surface area contributed by atoms with Crippen molar-refractivity contribution in [1.82, 2.24) is 9.88 Å². The molecule has 1 heterocycles. The monoisotopic (exact) mass is 274 g/mol. The third-order valence-electron chi connectivity index (χ3n) is 3.74. The van der Waals surface area contributed by atoms with Gasteiger partial charge in [-0.15, -0.1) is 0 Å². The summed E-state index contributed by atoms with van der Waals surface area (Å²) in [6, 6.07) is 7.90. The Morgan fingerprint density at radius 1 is 1.30 bits per heavy atom. The number of hydrogen-bond donors (Lipinski definition) is 2. The van der Waals surface area contributed by atoms with Crippen LogP contribution in [-0.2, 0) is 17.9 Å². The molecule has 0 bridgehead atoms. The average molecular weight is 274 g/mol. The molecule has 0 aliphatic heterocycles. The van der Waals surface area contributed by atoms with Gasteiger partial charge in [0.25, 0.3) is 0 Å². The Labute approximate surface area is 119 Å². The zero-order valence-electron chi connectivity index (χ0n) is 12.3. The van der Waals surface area contributed by atoms with E-state index >= 15 is 0 Å². The number of benzene rings is 1. The Morgan fingerprint density at radius 2 is 2.05 bits per heavy atom. The topological polar surface area (TPSA) is 54.3 Å². The van der Waals surface area contributed by atoms with Gasteiger partial charge in [-0.1, -0.05) is 32.0 Å². The van der Waals surface area contributed by atoms with E-state index in [0.717, 1.165) is 16.5 Å². The molecule has 2 aromatic rings. The fraction of sp³-hybridized carbons (Fsp3) is 0.438. The number of nitrogens with one attached hydrogen (secondary N) is 1. The van der Waals surface area contributed by atoms with Crippen LogP contribution in [0.2, 0.25) is 0 Å².